The smallest absolute Gasteiger partial charge is 0.251 e. The number of anilines is 1. The van der Waals surface area contributed by atoms with Crippen molar-refractivity contribution in [1.29, 1.82) is 0 Å². The first-order valence-electron chi connectivity index (χ1n) is 5.23. The molecular formula is C10H17BN6. The highest BCUT2D eigenvalue weighted by molar-refractivity contribution is 6.09. The van der Waals surface area contributed by atoms with Gasteiger partial charge in [0.2, 0.25) is 0 Å². The van der Waals surface area contributed by atoms with Crippen LogP contribution in [0, 0.1) is 0 Å². The second-order valence-electron chi connectivity index (χ2n) is 3.49. The lowest BCUT2D eigenvalue weighted by Crippen LogP contribution is -2.20. The monoisotopic (exact) mass is 232 g/mol. The topological polar surface area (TPSA) is 94.2 Å². The largest absolute Gasteiger partial charge is 0.394 e. The van der Waals surface area contributed by atoms with Crippen molar-refractivity contribution in [3.63, 3.8) is 0 Å². The van der Waals surface area contributed by atoms with E-state index in [0.717, 1.165) is 12.1 Å². The van der Waals surface area contributed by atoms with Gasteiger partial charge in [-0.25, -0.2) is 4.99 Å². The molecule has 0 aliphatic rings. The third-order valence-electron chi connectivity index (χ3n) is 2.36. The van der Waals surface area contributed by atoms with E-state index in [0.29, 0.717) is 22.9 Å². The van der Waals surface area contributed by atoms with Crippen LogP contribution in [0.2, 0.25) is 0 Å². The number of hydrazine groups is 1. The molecule has 1 aromatic rings. The molecule has 17 heavy (non-hydrogen) atoms. The van der Waals surface area contributed by atoms with Crippen molar-refractivity contribution in [2.24, 2.45) is 10.8 Å². The molecule has 0 amide bonds. The number of hydrogen-bond donors (Lipinski definition) is 3. The van der Waals surface area contributed by atoms with E-state index in [1.165, 1.54) is 0 Å². The molecule has 0 unspecified atom stereocenters. The third kappa shape index (κ3) is 2.56. The lowest BCUT2D eigenvalue weighted by atomic mass is 10.2. The summed E-state index contributed by atoms with van der Waals surface area (Å²) in [5, 5.41) is 4.21. The fourth-order valence-electron chi connectivity index (χ4n) is 1.36. The van der Waals surface area contributed by atoms with Gasteiger partial charge in [-0.15, -0.1) is 0 Å². The number of aliphatic imine (C=N–C) groups is 1. The van der Waals surface area contributed by atoms with Crippen molar-refractivity contribution < 1.29 is 0 Å². The molecule has 6 nitrogen and oxygen atoms in total. The third-order valence-corrected chi connectivity index (χ3v) is 2.36. The van der Waals surface area contributed by atoms with Crippen LogP contribution in [0.5, 0.6) is 0 Å². The quantitative estimate of drug-likeness (QED) is 0.287. The van der Waals surface area contributed by atoms with Gasteiger partial charge in [0.05, 0.1) is 5.70 Å². The van der Waals surface area contributed by atoms with E-state index in [-0.39, 0.29) is 0 Å². The average Bonchev–Trinajstić information content (AvgIpc) is 2.61. The maximum atomic E-state index is 5.96. The van der Waals surface area contributed by atoms with Gasteiger partial charge in [-0.3, -0.25) is 5.84 Å². The maximum Gasteiger partial charge on any atom is 0.251 e. The number of hydrogen-bond acceptors (Lipinski definition) is 5. The van der Waals surface area contributed by atoms with Crippen LogP contribution in [0.15, 0.2) is 24.2 Å². The van der Waals surface area contributed by atoms with Crippen LogP contribution in [0.3, 0.4) is 0 Å². The highest BCUT2D eigenvalue weighted by atomic mass is 15.3. The number of aromatic nitrogens is 2. The van der Waals surface area contributed by atoms with Crippen molar-refractivity contribution in [2.75, 3.05) is 5.73 Å². The van der Waals surface area contributed by atoms with Gasteiger partial charge in [0.1, 0.15) is 11.4 Å². The number of nitrogen functional groups attached to an aromatic ring is 1. The minimum absolute atomic E-state index is 0.447. The summed E-state index contributed by atoms with van der Waals surface area (Å²) in [6, 6.07) is 0. The molecule has 0 saturated carbocycles. The maximum absolute atomic E-state index is 5.96. The summed E-state index contributed by atoms with van der Waals surface area (Å²) in [5.41, 5.74) is 10.6. The normalized spacial score (nSPS) is 11.3. The Labute approximate surface area is 101 Å². The highest BCUT2D eigenvalue weighted by Gasteiger charge is 2.14. The van der Waals surface area contributed by atoms with Crippen molar-refractivity contribution in [2.45, 2.75) is 13.3 Å². The van der Waals surface area contributed by atoms with Crippen LogP contribution in [-0.2, 0) is 0 Å². The minimum atomic E-state index is 0.447. The second-order valence-corrected chi connectivity index (χ2v) is 3.49. The van der Waals surface area contributed by atoms with Gasteiger partial charge in [-0.1, -0.05) is 20.1 Å². The lowest BCUT2D eigenvalue weighted by Gasteiger charge is -2.01. The van der Waals surface area contributed by atoms with Gasteiger partial charge >= 0.3 is 0 Å². The molecule has 7 heteroatoms. The molecule has 1 rings (SSSR count). The summed E-state index contributed by atoms with van der Waals surface area (Å²) in [7, 11) is 1.76. The predicted octanol–water partition coefficient (Wildman–Crippen LogP) is -0.0360. The second kappa shape index (κ2) is 5.35. The molecule has 0 aliphatic heterocycles. The molecule has 5 N–H and O–H groups in total. The first-order chi connectivity index (χ1) is 8.04. The zero-order valence-corrected chi connectivity index (χ0v) is 10.2. The van der Waals surface area contributed by atoms with Gasteiger partial charge in [-0.05, 0) is 12.5 Å². The minimum Gasteiger partial charge on any atom is -0.394 e. The Morgan fingerprint density at radius 2 is 2.35 bits per heavy atom. The van der Waals surface area contributed by atoms with E-state index in [1.807, 2.05) is 6.92 Å². The first-order valence-corrected chi connectivity index (χ1v) is 5.23. The summed E-state index contributed by atoms with van der Waals surface area (Å²) in [4.78, 5) is 4.40. The van der Waals surface area contributed by atoms with Crippen LogP contribution in [0.1, 0.15) is 19.0 Å². The Hall–Kier alpha value is -2.02. The van der Waals surface area contributed by atoms with E-state index >= 15 is 0 Å². The lowest BCUT2D eigenvalue weighted by molar-refractivity contribution is 0.937. The van der Waals surface area contributed by atoms with Gasteiger partial charge in [0, 0.05) is 5.71 Å². The number of nitrogens with zero attached hydrogens (tertiary/aromatic N) is 3. The van der Waals surface area contributed by atoms with Gasteiger partial charge in [0.25, 0.3) is 7.98 Å². The van der Waals surface area contributed by atoms with Gasteiger partial charge < -0.3 is 15.8 Å². The Kier molecular flexibility index (Phi) is 4.11. The Bertz CT molecular complexity index is 473. The van der Waals surface area contributed by atoms with E-state index < -0.39 is 0 Å². The van der Waals surface area contributed by atoms with Crippen LogP contribution >= 0.6 is 0 Å². The molecule has 0 aromatic carbocycles. The van der Waals surface area contributed by atoms with E-state index in [2.05, 4.69) is 28.7 Å². The van der Waals surface area contributed by atoms with Crippen LogP contribution < -0.4 is 17.0 Å². The number of rotatable bonds is 5. The SMILES string of the molecule is Bn1nc(C(=C)NN)c(N)c1/N=C(\C=C)CC. The van der Waals surface area contributed by atoms with Crippen LogP contribution in [-0.4, -0.2) is 23.4 Å². The predicted molar refractivity (Wildman–Crippen MR) is 74.5 cm³/mol. The zero-order chi connectivity index (χ0) is 13.0. The number of nitrogens with two attached hydrogens (primary N) is 2. The van der Waals surface area contributed by atoms with Gasteiger partial charge in [-0.2, -0.15) is 5.10 Å². The van der Waals surface area contributed by atoms with Crippen molar-refractivity contribution in [3.8, 4) is 0 Å². The van der Waals surface area contributed by atoms with E-state index in [4.69, 9.17) is 11.6 Å². The molecule has 90 valence electrons. The summed E-state index contributed by atoms with van der Waals surface area (Å²) in [6.45, 7) is 9.41. The molecule has 1 aromatic heterocycles. The molecule has 0 fully saturated rings. The molecule has 0 atom stereocenters. The van der Waals surface area contributed by atoms with Gasteiger partial charge in [0.15, 0.2) is 5.82 Å². The van der Waals surface area contributed by atoms with E-state index in [1.54, 1.807) is 18.7 Å². The highest BCUT2D eigenvalue weighted by Crippen LogP contribution is 2.28. The molecule has 0 radical (unpaired) electrons. The van der Waals surface area contributed by atoms with Crippen LogP contribution in [0.25, 0.3) is 5.70 Å². The van der Waals surface area contributed by atoms with Crippen molar-refractivity contribution >= 4 is 30.9 Å². The first kappa shape index (κ1) is 13.1. The van der Waals surface area contributed by atoms with Crippen LogP contribution in [0.4, 0.5) is 11.5 Å². The Morgan fingerprint density at radius 3 is 2.82 bits per heavy atom. The summed E-state index contributed by atoms with van der Waals surface area (Å²) >= 11 is 0. The van der Waals surface area contributed by atoms with E-state index in [9.17, 15) is 0 Å². The Morgan fingerprint density at radius 1 is 1.71 bits per heavy atom. The van der Waals surface area contributed by atoms with Crippen molar-refractivity contribution in [1.82, 2.24) is 15.1 Å². The molecule has 1 heterocycles. The molecule has 0 spiro atoms. The standard InChI is InChI=1S/C10H17BN6/c1-4-7(5-2)14-10-8(12)9(6(3)15-13)16-17(10)11/h4,15H,1,3,5,11-13H2,2H3/b14-7+. The summed E-state index contributed by atoms with van der Waals surface area (Å²) in [6.07, 6.45) is 2.47. The summed E-state index contributed by atoms with van der Waals surface area (Å²) < 4.78 is 1.59. The number of nitrogens with one attached hydrogen (secondary N) is 1. The number of allylic oxidation sites excluding steroid dienone is 1. The fraction of sp³-hybridized carbons (Fsp3) is 0.200. The Balaban J connectivity index is 3.27. The molecule has 0 saturated heterocycles. The van der Waals surface area contributed by atoms with Crippen molar-refractivity contribution in [3.05, 3.63) is 24.9 Å². The molecular weight excluding hydrogens is 215 g/mol. The fourth-order valence-corrected chi connectivity index (χ4v) is 1.36. The average molecular weight is 232 g/mol. The summed E-state index contributed by atoms with van der Waals surface area (Å²) in [5.74, 6) is 5.86. The zero-order valence-electron chi connectivity index (χ0n) is 10.2. The molecule has 0 bridgehead atoms. The molecule has 0 aliphatic carbocycles.